The maximum Gasteiger partial charge on any atom is 0.265 e. The molecule has 1 fully saturated rings. The van der Waals surface area contributed by atoms with E-state index in [9.17, 15) is 4.79 Å². The van der Waals surface area contributed by atoms with Gasteiger partial charge < -0.3 is 9.42 Å². The van der Waals surface area contributed by atoms with Crippen LogP contribution in [0.5, 0.6) is 0 Å². The van der Waals surface area contributed by atoms with Gasteiger partial charge in [-0.3, -0.25) is 4.79 Å². The number of carbonyl (C=O) groups excluding carboxylic acids is 1. The second kappa shape index (κ2) is 6.03. The average molecular weight is 334 g/mol. The SMILES string of the molecule is Cc1noc(C2CCCN(C(=O)c3cnc(C(C)(C)C)s3)C2)n1. The third-order valence-corrected chi connectivity index (χ3v) is 5.37. The predicted octanol–water partition coefficient (Wildman–Crippen LogP) is 3.15. The molecule has 0 radical (unpaired) electrons. The van der Waals surface area contributed by atoms with Crippen molar-refractivity contribution in [1.82, 2.24) is 20.0 Å². The third-order valence-electron chi connectivity index (χ3n) is 3.96. The molecule has 1 aliphatic heterocycles. The Morgan fingerprint density at radius 3 is 2.83 bits per heavy atom. The number of piperidine rings is 1. The highest BCUT2D eigenvalue weighted by Gasteiger charge is 2.30. The van der Waals surface area contributed by atoms with Gasteiger partial charge in [-0.2, -0.15) is 4.98 Å². The van der Waals surface area contributed by atoms with Crippen molar-refractivity contribution in [3.63, 3.8) is 0 Å². The molecular formula is C16H22N4O2S. The lowest BCUT2D eigenvalue weighted by Gasteiger charge is -2.30. The standard InChI is InChI=1S/C16H22N4O2S/c1-10-18-13(22-19-10)11-6-5-7-20(9-11)14(21)12-8-17-15(23-12)16(2,3)4/h8,11H,5-7,9H2,1-4H3. The number of carbonyl (C=O) groups is 1. The highest BCUT2D eigenvalue weighted by molar-refractivity contribution is 7.13. The highest BCUT2D eigenvalue weighted by atomic mass is 32.1. The minimum absolute atomic E-state index is 0.0328. The summed E-state index contributed by atoms with van der Waals surface area (Å²) in [5.41, 5.74) is -0.0328. The van der Waals surface area contributed by atoms with Gasteiger partial charge in [0.25, 0.3) is 5.91 Å². The number of aryl methyl sites for hydroxylation is 1. The second-order valence-corrected chi connectivity index (χ2v) is 8.08. The summed E-state index contributed by atoms with van der Waals surface area (Å²) >= 11 is 1.49. The minimum atomic E-state index is -0.0328. The van der Waals surface area contributed by atoms with Crippen molar-refractivity contribution in [3.8, 4) is 0 Å². The molecule has 0 aliphatic carbocycles. The Kier molecular flexibility index (Phi) is 4.23. The van der Waals surface area contributed by atoms with Crippen molar-refractivity contribution in [2.45, 2.75) is 51.9 Å². The molecule has 1 unspecified atom stereocenters. The molecular weight excluding hydrogens is 312 g/mol. The van der Waals surface area contributed by atoms with Gasteiger partial charge in [-0.05, 0) is 19.8 Å². The Balaban J connectivity index is 1.73. The van der Waals surface area contributed by atoms with E-state index >= 15 is 0 Å². The summed E-state index contributed by atoms with van der Waals surface area (Å²) in [6, 6.07) is 0. The van der Waals surface area contributed by atoms with Crippen molar-refractivity contribution in [2.75, 3.05) is 13.1 Å². The van der Waals surface area contributed by atoms with Gasteiger partial charge in [0.1, 0.15) is 4.88 Å². The Hall–Kier alpha value is -1.76. The number of hydrogen-bond acceptors (Lipinski definition) is 6. The molecule has 23 heavy (non-hydrogen) atoms. The maximum absolute atomic E-state index is 12.8. The first-order chi connectivity index (χ1) is 10.8. The largest absolute Gasteiger partial charge is 0.339 e. The lowest BCUT2D eigenvalue weighted by Crippen LogP contribution is -2.38. The number of hydrogen-bond donors (Lipinski definition) is 0. The van der Waals surface area contributed by atoms with Crippen LogP contribution >= 0.6 is 11.3 Å². The molecule has 0 spiro atoms. The van der Waals surface area contributed by atoms with Crippen LogP contribution in [0.2, 0.25) is 0 Å². The molecule has 7 heteroatoms. The molecule has 0 N–H and O–H groups in total. The molecule has 0 bridgehead atoms. The normalized spacial score (nSPS) is 19.1. The Bertz CT molecular complexity index is 701. The van der Waals surface area contributed by atoms with E-state index < -0.39 is 0 Å². The molecule has 6 nitrogen and oxygen atoms in total. The summed E-state index contributed by atoms with van der Waals surface area (Å²) < 4.78 is 5.28. The van der Waals surface area contributed by atoms with Crippen molar-refractivity contribution >= 4 is 17.2 Å². The lowest BCUT2D eigenvalue weighted by atomic mass is 9.98. The first-order valence-corrected chi connectivity index (χ1v) is 8.72. The van der Waals surface area contributed by atoms with Gasteiger partial charge in [-0.25, -0.2) is 4.98 Å². The molecule has 2 aromatic heterocycles. The van der Waals surface area contributed by atoms with Crippen LogP contribution in [0, 0.1) is 6.92 Å². The molecule has 3 rings (SSSR count). The number of likely N-dealkylation sites (tertiary alicyclic amines) is 1. The van der Waals surface area contributed by atoms with Crippen LogP contribution in [-0.2, 0) is 5.41 Å². The summed E-state index contributed by atoms with van der Waals surface area (Å²) in [5.74, 6) is 1.46. The zero-order valence-corrected chi connectivity index (χ0v) is 14.8. The third kappa shape index (κ3) is 3.44. The molecule has 124 valence electrons. The number of thiazole rings is 1. The van der Waals surface area contributed by atoms with Crippen molar-refractivity contribution in [2.24, 2.45) is 0 Å². The Morgan fingerprint density at radius 1 is 1.43 bits per heavy atom. The summed E-state index contributed by atoms with van der Waals surface area (Å²) in [7, 11) is 0. The van der Waals surface area contributed by atoms with E-state index in [0.29, 0.717) is 23.1 Å². The molecule has 1 amide bonds. The van der Waals surface area contributed by atoms with Gasteiger partial charge in [0.2, 0.25) is 5.89 Å². The zero-order valence-electron chi connectivity index (χ0n) is 14.0. The van der Waals surface area contributed by atoms with Crippen molar-refractivity contribution in [1.29, 1.82) is 0 Å². The van der Waals surface area contributed by atoms with E-state index in [2.05, 4.69) is 35.9 Å². The number of amides is 1. The van der Waals surface area contributed by atoms with E-state index in [-0.39, 0.29) is 17.2 Å². The summed E-state index contributed by atoms with van der Waals surface area (Å²) in [5, 5.41) is 4.84. The molecule has 0 aromatic carbocycles. The van der Waals surface area contributed by atoms with Crippen LogP contribution in [0.1, 0.15) is 65.9 Å². The fourth-order valence-corrected chi connectivity index (χ4v) is 3.66. The van der Waals surface area contributed by atoms with Crippen molar-refractivity contribution in [3.05, 3.63) is 27.8 Å². The van der Waals surface area contributed by atoms with E-state index in [1.807, 2.05) is 11.8 Å². The molecule has 1 saturated heterocycles. The molecule has 2 aromatic rings. The molecule has 3 heterocycles. The van der Waals surface area contributed by atoms with Gasteiger partial charge in [0.05, 0.1) is 17.1 Å². The maximum atomic E-state index is 12.8. The highest BCUT2D eigenvalue weighted by Crippen LogP contribution is 2.30. The quantitative estimate of drug-likeness (QED) is 0.843. The van der Waals surface area contributed by atoms with Crippen LogP contribution in [0.4, 0.5) is 0 Å². The Morgan fingerprint density at radius 2 is 2.22 bits per heavy atom. The van der Waals surface area contributed by atoms with E-state index in [1.165, 1.54) is 11.3 Å². The minimum Gasteiger partial charge on any atom is -0.339 e. The van der Waals surface area contributed by atoms with Gasteiger partial charge in [0, 0.05) is 18.5 Å². The van der Waals surface area contributed by atoms with Crippen LogP contribution in [0.15, 0.2) is 10.7 Å². The van der Waals surface area contributed by atoms with Crippen LogP contribution < -0.4 is 0 Å². The second-order valence-electron chi connectivity index (χ2n) is 7.05. The molecule has 1 aliphatic rings. The van der Waals surface area contributed by atoms with Crippen molar-refractivity contribution < 1.29 is 9.32 Å². The fraction of sp³-hybridized carbons (Fsp3) is 0.625. The fourth-order valence-electron chi connectivity index (χ4n) is 2.72. The van der Waals surface area contributed by atoms with Gasteiger partial charge in [-0.15, -0.1) is 11.3 Å². The predicted molar refractivity (Wildman–Crippen MR) is 87.7 cm³/mol. The average Bonchev–Trinajstić information content (AvgIpc) is 3.15. The van der Waals surface area contributed by atoms with Crippen LogP contribution in [0.25, 0.3) is 0 Å². The lowest BCUT2D eigenvalue weighted by molar-refractivity contribution is 0.0700. The van der Waals surface area contributed by atoms with Crippen LogP contribution in [-0.4, -0.2) is 39.0 Å². The topological polar surface area (TPSA) is 72.1 Å². The van der Waals surface area contributed by atoms with E-state index in [1.54, 1.807) is 6.20 Å². The van der Waals surface area contributed by atoms with Gasteiger partial charge in [0.15, 0.2) is 5.82 Å². The summed E-state index contributed by atoms with van der Waals surface area (Å²) in [6.45, 7) is 9.53. The van der Waals surface area contributed by atoms with Gasteiger partial charge >= 0.3 is 0 Å². The number of rotatable bonds is 2. The monoisotopic (exact) mass is 334 g/mol. The van der Waals surface area contributed by atoms with E-state index in [0.717, 1.165) is 24.4 Å². The Labute approximate surface area is 139 Å². The first kappa shape index (κ1) is 16.1. The van der Waals surface area contributed by atoms with Crippen LogP contribution in [0.3, 0.4) is 0 Å². The van der Waals surface area contributed by atoms with Gasteiger partial charge in [-0.1, -0.05) is 25.9 Å². The number of nitrogens with zero attached hydrogens (tertiary/aromatic N) is 4. The molecule has 0 saturated carbocycles. The molecule has 1 atom stereocenters. The smallest absolute Gasteiger partial charge is 0.265 e. The zero-order chi connectivity index (χ0) is 16.6. The van der Waals surface area contributed by atoms with E-state index in [4.69, 9.17) is 4.52 Å². The number of aromatic nitrogens is 3. The summed E-state index contributed by atoms with van der Waals surface area (Å²) in [6.07, 6.45) is 3.62. The summed E-state index contributed by atoms with van der Waals surface area (Å²) in [4.78, 5) is 24.1. The first-order valence-electron chi connectivity index (χ1n) is 7.90.